The van der Waals surface area contributed by atoms with Crippen molar-refractivity contribution in [1.82, 2.24) is 10.2 Å². The molecule has 0 atom stereocenters. The van der Waals surface area contributed by atoms with Crippen LogP contribution in [0.2, 0.25) is 10.0 Å². The number of carbonyl (C=O) groups excluding carboxylic acids is 2. The molecule has 0 spiro atoms. The minimum atomic E-state index is -0.148. The summed E-state index contributed by atoms with van der Waals surface area (Å²) < 4.78 is 0.913. The predicted octanol–water partition coefficient (Wildman–Crippen LogP) is 6.05. The number of hydrogen-bond donors (Lipinski definition) is 1. The molecule has 0 saturated carbocycles. The van der Waals surface area contributed by atoms with E-state index in [1.807, 2.05) is 35.2 Å². The summed E-state index contributed by atoms with van der Waals surface area (Å²) in [6, 6.07) is 11.3. The highest BCUT2D eigenvalue weighted by Gasteiger charge is 2.18. The monoisotopic (exact) mass is 526 g/mol. The molecule has 158 valence electrons. The molecular weight excluding hydrogens is 507 g/mol. The second kappa shape index (κ2) is 11.2. The Morgan fingerprint density at radius 3 is 2.70 bits per heavy atom. The van der Waals surface area contributed by atoms with Crippen LogP contribution in [0, 0.1) is 0 Å². The van der Waals surface area contributed by atoms with E-state index in [1.54, 1.807) is 12.1 Å². The maximum absolute atomic E-state index is 12.0. The van der Waals surface area contributed by atoms with Crippen molar-refractivity contribution in [3.63, 3.8) is 0 Å². The third-order valence-corrected chi connectivity index (χ3v) is 7.30. The van der Waals surface area contributed by atoms with Crippen LogP contribution < -0.4 is 5.32 Å². The highest BCUT2D eigenvalue weighted by atomic mass is 79.9. The fraction of sp³-hybridized carbons (Fsp3) is 0.273. The van der Waals surface area contributed by atoms with Crippen LogP contribution in [0.3, 0.4) is 0 Å². The van der Waals surface area contributed by atoms with E-state index in [-0.39, 0.29) is 11.8 Å². The minimum Gasteiger partial charge on any atom is -0.352 e. The Bertz CT molecular complexity index is 968. The number of likely N-dealkylation sites (tertiary alicyclic amines) is 1. The zero-order valence-electron chi connectivity index (χ0n) is 16.2. The SMILES string of the molecule is O=C(/C=C/c1ccc(Sc2ccc(Cl)cc2Cl)c(Br)c1)NCCCN1CCCC1=O. The van der Waals surface area contributed by atoms with Crippen molar-refractivity contribution in [1.29, 1.82) is 0 Å². The first-order chi connectivity index (χ1) is 14.4. The van der Waals surface area contributed by atoms with Crippen molar-refractivity contribution in [3.05, 3.63) is 62.6 Å². The Labute approximate surface area is 199 Å². The number of halogens is 3. The molecule has 0 aromatic heterocycles. The Hall–Kier alpha value is -1.47. The molecule has 2 amide bonds. The van der Waals surface area contributed by atoms with Crippen molar-refractivity contribution in [2.24, 2.45) is 0 Å². The number of hydrogen-bond acceptors (Lipinski definition) is 3. The van der Waals surface area contributed by atoms with Gasteiger partial charge < -0.3 is 10.2 Å². The van der Waals surface area contributed by atoms with E-state index in [9.17, 15) is 9.59 Å². The normalized spacial score (nSPS) is 14.0. The second-order valence-electron chi connectivity index (χ2n) is 6.83. The third kappa shape index (κ3) is 6.77. The van der Waals surface area contributed by atoms with Gasteiger partial charge in [-0.2, -0.15) is 0 Å². The molecule has 1 N–H and O–H groups in total. The van der Waals surface area contributed by atoms with Crippen LogP contribution in [0.4, 0.5) is 0 Å². The summed E-state index contributed by atoms with van der Waals surface area (Å²) >= 11 is 17.3. The van der Waals surface area contributed by atoms with Crippen LogP contribution in [-0.4, -0.2) is 36.3 Å². The lowest BCUT2D eigenvalue weighted by molar-refractivity contribution is -0.127. The fourth-order valence-electron chi connectivity index (χ4n) is 3.03. The molecule has 1 heterocycles. The lowest BCUT2D eigenvalue weighted by Gasteiger charge is -2.14. The van der Waals surface area contributed by atoms with Gasteiger partial charge in [0.2, 0.25) is 11.8 Å². The molecule has 30 heavy (non-hydrogen) atoms. The first-order valence-electron chi connectivity index (χ1n) is 9.58. The fourth-order valence-corrected chi connectivity index (χ4v) is 5.02. The van der Waals surface area contributed by atoms with E-state index in [4.69, 9.17) is 23.2 Å². The number of amides is 2. The summed E-state index contributed by atoms with van der Waals surface area (Å²) in [5.74, 6) is 0.0667. The van der Waals surface area contributed by atoms with Gasteiger partial charge in [-0.05, 0) is 70.7 Å². The van der Waals surface area contributed by atoms with Gasteiger partial charge in [0, 0.05) is 51.4 Å². The van der Waals surface area contributed by atoms with Gasteiger partial charge in [-0.1, -0.05) is 41.0 Å². The molecule has 1 aliphatic rings. The van der Waals surface area contributed by atoms with Gasteiger partial charge in [-0.25, -0.2) is 0 Å². The number of nitrogens with zero attached hydrogens (tertiary/aromatic N) is 1. The highest BCUT2D eigenvalue weighted by molar-refractivity contribution is 9.10. The van der Waals surface area contributed by atoms with E-state index in [0.29, 0.717) is 29.6 Å². The summed E-state index contributed by atoms with van der Waals surface area (Å²) in [7, 11) is 0. The Morgan fingerprint density at radius 2 is 2.00 bits per heavy atom. The van der Waals surface area contributed by atoms with Gasteiger partial charge in [0.05, 0.1) is 5.02 Å². The van der Waals surface area contributed by atoms with E-state index in [2.05, 4.69) is 21.2 Å². The first kappa shape index (κ1) is 23.2. The second-order valence-corrected chi connectivity index (χ2v) is 9.61. The van der Waals surface area contributed by atoms with Gasteiger partial charge in [0.15, 0.2) is 0 Å². The lowest BCUT2D eigenvalue weighted by Crippen LogP contribution is -2.29. The summed E-state index contributed by atoms with van der Waals surface area (Å²) in [6.45, 7) is 2.08. The Kier molecular flexibility index (Phi) is 8.69. The van der Waals surface area contributed by atoms with Gasteiger partial charge in [0.25, 0.3) is 0 Å². The van der Waals surface area contributed by atoms with E-state index in [1.165, 1.54) is 17.8 Å². The number of carbonyl (C=O) groups is 2. The molecule has 0 radical (unpaired) electrons. The molecule has 1 aliphatic heterocycles. The van der Waals surface area contributed by atoms with Crippen molar-refractivity contribution >= 4 is 68.8 Å². The largest absolute Gasteiger partial charge is 0.352 e. The van der Waals surface area contributed by atoms with Crippen LogP contribution in [0.1, 0.15) is 24.8 Å². The van der Waals surface area contributed by atoms with E-state index in [0.717, 1.165) is 39.2 Å². The average Bonchev–Trinajstić information content (AvgIpc) is 3.12. The minimum absolute atomic E-state index is 0.148. The van der Waals surface area contributed by atoms with Crippen LogP contribution >= 0.6 is 50.9 Å². The molecule has 2 aromatic rings. The molecule has 0 unspecified atom stereocenters. The molecule has 2 aromatic carbocycles. The molecule has 3 rings (SSSR count). The summed E-state index contributed by atoms with van der Waals surface area (Å²) in [6.07, 6.45) is 5.64. The first-order valence-corrected chi connectivity index (χ1v) is 11.9. The Morgan fingerprint density at radius 1 is 1.20 bits per heavy atom. The van der Waals surface area contributed by atoms with Crippen molar-refractivity contribution in [2.75, 3.05) is 19.6 Å². The summed E-state index contributed by atoms with van der Waals surface area (Å²) in [5.41, 5.74) is 0.909. The average molecular weight is 528 g/mol. The Balaban J connectivity index is 1.48. The maximum atomic E-state index is 12.0. The maximum Gasteiger partial charge on any atom is 0.244 e. The predicted molar refractivity (Wildman–Crippen MR) is 127 cm³/mol. The van der Waals surface area contributed by atoms with E-state index >= 15 is 0 Å². The molecular formula is C22H21BrCl2N2O2S. The van der Waals surface area contributed by atoms with Gasteiger partial charge >= 0.3 is 0 Å². The van der Waals surface area contributed by atoms with Crippen LogP contribution in [0.25, 0.3) is 6.08 Å². The number of nitrogens with one attached hydrogen (secondary N) is 1. The number of rotatable bonds is 8. The summed E-state index contributed by atoms with van der Waals surface area (Å²) in [5, 5.41) is 4.07. The lowest BCUT2D eigenvalue weighted by atomic mass is 10.2. The molecule has 4 nitrogen and oxygen atoms in total. The smallest absolute Gasteiger partial charge is 0.244 e. The molecule has 0 bridgehead atoms. The zero-order chi connectivity index (χ0) is 21.5. The highest BCUT2D eigenvalue weighted by Crippen LogP contribution is 2.38. The van der Waals surface area contributed by atoms with Crippen LogP contribution in [0.15, 0.2) is 56.7 Å². The molecule has 1 saturated heterocycles. The van der Waals surface area contributed by atoms with Crippen molar-refractivity contribution in [3.8, 4) is 0 Å². The molecule has 8 heteroatoms. The van der Waals surface area contributed by atoms with Crippen LogP contribution in [0.5, 0.6) is 0 Å². The standard InChI is InChI=1S/C22H21BrCl2N2O2S/c23-17-13-15(4-7-19(17)30-20-8-6-16(24)14-18(20)25)5-9-21(28)26-10-2-12-27-11-1-3-22(27)29/h4-9,13-14H,1-3,10-12H2,(H,26,28)/b9-5+. The number of benzene rings is 2. The zero-order valence-corrected chi connectivity index (χ0v) is 20.1. The molecule has 0 aliphatic carbocycles. The quantitative estimate of drug-likeness (QED) is 0.336. The topological polar surface area (TPSA) is 49.4 Å². The summed E-state index contributed by atoms with van der Waals surface area (Å²) in [4.78, 5) is 27.4. The van der Waals surface area contributed by atoms with Crippen LogP contribution in [-0.2, 0) is 9.59 Å². The van der Waals surface area contributed by atoms with Crippen molar-refractivity contribution < 1.29 is 9.59 Å². The third-order valence-electron chi connectivity index (χ3n) is 4.57. The van der Waals surface area contributed by atoms with E-state index < -0.39 is 0 Å². The van der Waals surface area contributed by atoms with Gasteiger partial charge in [-0.15, -0.1) is 0 Å². The molecule has 1 fully saturated rings. The van der Waals surface area contributed by atoms with Gasteiger partial charge in [-0.3, -0.25) is 9.59 Å². The van der Waals surface area contributed by atoms with Gasteiger partial charge in [0.1, 0.15) is 0 Å². The van der Waals surface area contributed by atoms with Crippen molar-refractivity contribution in [2.45, 2.75) is 29.1 Å².